The summed E-state index contributed by atoms with van der Waals surface area (Å²) in [6, 6.07) is 29.7. The van der Waals surface area contributed by atoms with E-state index in [0.717, 1.165) is 16.7 Å². The zero-order valence-corrected chi connectivity index (χ0v) is 19.2. The summed E-state index contributed by atoms with van der Waals surface area (Å²) in [5.74, 6) is -0.439. The number of rotatable bonds is 11. The molecule has 0 amide bonds. The molecular formula is C28H30O6. The maximum Gasteiger partial charge on any atom is 0.305 e. The van der Waals surface area contributed by atoms with E-state index in [1.807, 2.05) is 91.0 Å². The molecule has 0 radical (unpaired) electrons. The fraction of sp³-hybridized carbons (Fsp3) is 0.321. The molecule has 1 aliphatic heterocycles. The van der Waals surface area contributed by atoms with Gasteiger partial charge in [0.2, 0.25) is 6.29 Å². The Hall–Kier alpha value is -3.03. The highest BCUT2D eigenvalue weighted by molar-refractivity contribution is 5.66. The Kier molecular flexibility index (Phi) is 8.82. The van der Waals surface area contributed by atoms with Gasteiger partial charge in [-0.05, 0) is 16.7 Å². The SMILES string of the molecule is CC(=O)O[C@@H]1O[C@H](COCc2ccccc2)[C@@H](OCc2ccccc2)[C@@H]1OCc1ccccc1. The average molecular weight is 463 g/mol. The van der Waals surface area contributed by atoms with E-state index in [1.54, 1.807) is 0 Å². The van der Waals surface area contributed by atoms with Gasteiger partial charge in [-0.3, -0.25) is 4.79 Å². The van der Waals surface area contributed by atoms with Crippen LogP contribution >= 0.6 is 0 Å². The third kappa shape index (κ3) is 6.98. The Morgan fingerprint density at radius 2 is 1.18 bits per heavy atom. The first-order chi connectivity index (χ1) is 16.7. The Bertz CT molecular complexity index is 995. The van der Waals surface area contributed by atoms with Crippen molar-refractivity contribution >= 4 is 5.97 Å². The minimum absolute atomic E-state index is 0.275. The third-order valence-corrected chi connectivity index (χ3v) is 5.51. The van der Waals surface area contributed by atoms with Gasteiger partial charge >= 0.3 is 5.97 Å². The Morgan fingerprint density at radius 1 is 0.706 bits per heavy atom. The molecule has 0 aromatic heterocycles. The first-order valence-electron chi connectivity index (χ1n) is 11.4. The molecule has 1 saturated heterocycles. The highest BCUT2D eigenvalue weighted by Crippen LogP contribution is 2.30. The topological polar surface area (TPSA) is 63.2 Å². The Labute approximate surface area is 200 Å². The lowest BCUT2D eigenvalue weighted by Crippen LogP contribution is -2.40. The molecule has 3 aromatic carbocycles. The monoisotopic (exact) mass is 462 g/mol. The van der Waals surface area contributed by atoms with Crippen LogP contribution in [0, 0.1) is 0 Å². The van der Waals surface area contributed by atoms with Crippen molar-refractivity contribution in [1.29, 1.82) is 0 Å². The van der Waals surface area contributed by atoms with Gasteiger partial charge in [0.25, 0.3) is 0 Å². The quantitative estimate of drug-likeness (QED) is 0.386. The molecule has 0 bridgehead atoms. The van der Waals surface area contributed by atoms with Gasteiger partial charge in [-0.15, -0.1) is 0 Å². The van der Waals surface area contributed by atoms with Gasteiger partial charge in [-0.1, -0.05) is 91.0 Å². The summed E-state index contributed by atoms with van der Waals surface area (Å²) in [6.45, 7) is 2.80. The van der Waals surface area contributed by atoms with Gasteiger partial charge < -0.3 is 23.7 Å². The molecule has 4 atom stereocenters. The number of ether oxygens (including phenoxy) is 5. The van der Waals surface area contributed by atoms with E-state index in [1.165, 1.54) is 6.92 Å². The number of carbonyl (C=O) groups is 1. The smallest absolute Gasteiger partial charge is 0.305 e. The molecule has 34 heavy (non-hydrogen) atoms. The van der Waals surface area contributed by atoms with Crippen LogP contribution in [0.5, 0.6) is 0 Å². The van der Waals surface area contributed by atoms with Gasteiger partial charge in [0, 0.05) is 6.92 Å². The van der Waals surface area contributed by atoms with Crippen LogP contribution in [0.3, 0.4) is 0 Å². The van der Waals surface area contributed by atoms with Crippen LogP contribution in [0.1, 0.15) is 23.6 Å². The predicted octanol–water partition coefficient (Wildman–Crippen LogP) is 4.66. The fourth-order valence-electron chi connectivity index (χ4n) is 3.86. The summed E-state index contributed by atoms with van der Waals surface area (Å²) in [5, 5.41) is 0. The summed E-state index contributed by atoms with van der Waals surface area (Å²) in [5.41, 5.74) is 3.11. The summed E-state index contributed by atoms with van der Waals surface area (Å²) in [7, 11) is 0. The molecule has 0 saturated carbocycles. The first kappa shape index (κ1) is 24.1. The van der Waals surface area contributed by atoms with Crippen molar-refractivity contribution in [3.63, 3.8) is 0 Å². The summed E-state index contributed by atoms with van der Waals surface area (Å²) < 4.78 is 30.0. The fourth-order valence-corrected chi connectivity index (χ4v) is 3.86. The van der Waals surface area contributed by atoms with E-state index in [4.69, 9.17) is 23.7 Å². The molecule has 178 valence electrons. The molecule has 0 aliphatic carbocycles. The van der Waals surface area contributed by atoms with E-state index in [2.05, 4.69) is 0 Å². The lowest BCUT2D eigenvalue weighted by atomic mass is 10.1. The predicted molar refractivity (Wildman–Crippen MR) is 127 cm³/mol. The van der Waals surface area contributed by atoms with E-state index in [-0.39, 0.29) is 6.61 Å². The summed E-state index contributed by atoms with van der Waals surface area (Å²) >= 11 is 0. The number of esters is 1. The molecule has 4 rings (SSSR count). The lowest BCUT2D eigenvalue weighted by molar-refractivity contribution is -0.195. The second-order valence-corrected chi connectivity index (χ2v) is 8.18. The van der Waals surface area contributed by atoms with Crippen LogP contribution in [0.2, 0.25) is 0 Å². The molecular weight excluding hydrogens is 432 g/mol. The van der Waals surface area contributed by atoms with Crippen LogP contribution in [0.4, 0.5) is 0 Å². The Balaban J connectivity index is 1.47. The van der Waals surface area contributed by atoms with E-state index < -0.39 is 30.6 Å². The van der Waals surface area contributed by atoms with Crippen LogP contribution < -0.4 is 0 Å². The van der Waals surface area contributed by atoms with Crippen molar-refractivity contribution in [2.24, 2.45) is 0 Å². The number of hydrogen-bond donors (Lipinski definition) is 0. The highest BCUT2D eigenvalue weighted by atomic mass is 16.7. The van der Waals surface area contributed by atoms with Gasteiger partial charge in [0.05, 0.1) is 26.4 Å². The van der Waals surface area contributed by atoms with Crippen LogP contribution in [0.25, 0.3) is 0 Å². The lowest BCUT2D eigenvalue weighted by Gasteiger charge is -2.24. The van der Waals surface area contributed by atoms with Gasteiger partial charge in [-0.25, -0.2) is 0 Å². The van der Waals surface area contributed by atoms with Crippen molar-refractivity contribution in [2.45, 2.75) is 51.3 Å². The van der Waals surface area contributed by atoms with Crippen molar-refractivity contribution in [3.05, 3.63) is 108 Å². The van der Waals surface area contributed by atoms with Gasteiger partial charge in [-0.2, -0.15) is 0 Å². The van der Waals surface area contributed by atoms with Gasteiger partial charge in [0.15, 0.2) is 0 Å². The van der Waals surface area contributed by atoms with Crippen molar-refractivity contribution in [3.8, 4) is 0 Å². The zero-order valence-electron chi connectivity index (χ0n) is 19.2. The number of carbonyl (C=O) groups excluding carboxylic acids is 1. The van der Waals surface area contributed by atoms with Crippen molar-refractivity contribution in [2.75, 3.05) is 6.61 Å². The molecule has 6 heteroatoms. The molecule has 6 nitrogen and oxygen atoms in total. The standard InChI is InChI=1S/C28H30O6/c1-21(29)33-28-27(32-19-24-15-9-4-10-16-24)26(31-18-23-13-7-3-8-14-23)25(34-28)20-30-17-22-11-5-2-6-12-22/h2-16,25-28H,17-20H2,1H3/t25-,26-,27+,28-/m1/s1. The minimum atomic E-state index is -0.882. The molecule has 0 unspecified atom stereocenters. The highest BCUT2D eigenvalue weighted by Gasteiger charge is 2.48. The minimum Gasteiger partial charge on any atom is -0.433 e. The molecule has 0 spiro atoms. The summed E-state index contributed by atoms with van der Waals surface area (Å²) in [4.78, 5) is 11.8. The van der Waals surface area contributed by atoms with E-state index in [9.17, 15) is 4.79 Å². The maximum absolute atomic E-state index is 11.8. The summed E-state index contributed by atoms with van der Waals surface area (Å²) in [6.07, 6.45) is -2.42. The molecule has 1 aliphatic rings. The van der Waals surface area contributed by atoms with Crippen molar-refractivity contribution in [1.82, 2.24) is 0 Å². The second-order valence-electron chi connectivity index (χ2n) is 8.18. The molecule has 0 N–H and O–H groups in total. The van der Waals surface area contributed by atoms with E-state index in [0.29, 0.717) is 19.8 Å². The largest absolute Gasteiger partial charge is 0.433 e. The normalized spacial score (nSPS) is 21.9. The third-order valence-electron chi connectivity index (χ3n) is 5.51. The average Bonchev–Trinajstić information content (AvgIpc) is 3.18. The van der Waals surface area contributed by atoms with Crippen LogP contribution in [0.15, 0.2) is 91.0 Å². The molecule has 3 aromatic rings. The number of hydrogen-bond acceptors (Lipinski definition) is 6. The van der Waals surface area contributed by atoms with Crippen LogP contribution in [-0.2, 0) is 48.3 Å². The Morgan fingerprint density at radius 3 is 1.68 bits per heavy atom. The van der Waals surface area contributed by atoms with Crippen molar-refractivity contribution < 1.29 is 28.5 Å². The second kappa shape index (κ2) is 12.4. The molecule has 1 heterocycles. The zero-order chi connectivity index (χ0) is 23.6. The van der Waals surface area contributed by atoms with Gasteiger partial charge in [0.1, 0.15) is 18.3 Å². The first-order valence-corrected chi connectivity index (χ1v) is 11.4. The maximum atomic E-state index is 11.8. The van der Waals surface area contributed by atoms with Crippen LogP contribution in [-0.4, -0.2) is 37.2 Å². The van der Waals surface area contributed by atoms with E-state index >= 15 is 0 Å². The number of benzene rings is 3. The molecule has 1 fully saturated rings.